The van der Waals surface area contributed by atoms with Gasteiger partial charge in [0.05, 0.1) is 11.0 Å². The number of carbonyl (C=O) groups is 1. The van der Waals surface area contributed by atoms with Crippen molar-refractivity contribution in [2.24, 2.45) is 0 Å². The summed E-state index contributed by atoms with van der Waals surface area (Å²) in [5.74, 6) is 2.05. The van der Waals surface area contributed by atoms with Crippen molar-refractivity contribution in [1.82, 2.24) is 15.0 Å². The Labute approximate surface area is 198 Å². The largest absolute Gasteiger partial charge is 0.370 e. The Morgan fingerprint density at radius 1 is 1.03 bits per heavy atom. The number of aromatic amines is 1. The molecule has 2 aromatic heterocycles. The average Bonchev–Trinajstić information content (AvgIpc) is 3.29. The minimum Gasteiger partial charge on any atom is -0.370 e. The third-order valence-electron chi connectivity index (χ3n) is 6.65. The Kier molecular flexibility index (Phi) is 5.17. The average molecular weight is 454 g/mol. The summed E-state index contributed by atoms with van der Waals surface area (Å²) in [6, 6.07) is 16.4. The molecule has 0 atom stereocenters. The van der Waals surface area contributed by atoms with Crippen LogP contribution in [0.4, 0.5) is 11.8 Å². The van der Waals surface area contributed by atoms with Gasteiger partial charge in [0.25, 0.3) is 5.91 Å². The molecule has 34 heavy (non-hydrogen) atoms. The van der Waals surface area contributed by atoms with E-state index in [2.05, 4.69) is 46.1 Å². The molecule has 0 saturated carbocycles. The molecular weight excluding hydrogens is 426 g/mol. The fraction of sp³-hybridized carbons (Fsp3) is 0.296. The number of rotatable bonds is 5. The lowest BCUT2D eigenvalue weighted by Crippen LogP contribution is -2.38. The molecule has 0 saturated heterocycles. The Balaban J connectivity index is 1.24. The molecule has 0 fully saturated rings. The number of anilines is 2. The summed E-state index contributed by atoms with van der Waals surface area (Å²) in [7, 11) is 0. The molecule has 2 aliphatic heterocycles. The van der Waals surface area contributed by atoms with Crippen LogP contribution in [0, 0.1) is 0 Å². The zero-order valence-corrected chi connectivity index (χ0v) is 19.3. The van der Waals surface area contributed by atoms with E-state index in [0.29, 0.717) is 24.4 Å². The van der Waals surface area contributed by atoms with E-state index in [4.69, 9.17) is 9.82 Å². The molecule has 0 unspecified atom stereocenters. The normalized spacial score (nSPS) is 15.4. The quantitative estimate of drug-likeness (QED) is 0.472. The summed E-state index contributed by atoms with van der Waals surface area (Å²) in [6.45, 7) is 3.83. The first-order chi connectivity index (χ1) is 16.7. The fourth-order valence-electron chi connectivity index (χ4n) is 4.88. The maximum absolute atomic E-state index is 12.6. The highest BCUT2D eigenvalue weighted by molar-refractivity contribution is 5.93. The van der Waals surface area contributed by atoms with Crippen LogP contribution in [-0.2, 0) is 30.6 Å². The number of carbonyl (C=O) groups excluding carboxylic acids is 1. The Hall–Kier alpha value is -3.87. The molecule has 7 heteroatoms. The zero-order chi connectivity index (χ0) is 23.1. The van der Waals surface area contributed by atoms with E-state index < -0.39 is 0 Å². The second kappa shape index (κ2) is 8.48. The maximum Gasteiger partial charge on any atom is 0.262 e. The fourth-order valence-corrected chi connectivity index (χ4v) is 4.88. The van der Waals surface area contributed by atoms with Crippen LogP contribution in [0.1, 0.15) is 42.0 Å². The highest BCUT2D eigenvalue weighted by Gasteiger charge is 2.28. The number of nitrogens with one attached hydrogen (secondary N) is 1. The monoisotopic (exact) mass is 453 g/mol. The molecule has 1 amide bonds. The Morgan fingerprint density at radius 3 is 2.88 bits per heavy atom. The second-order valence-electron chi connectivity index (χ2n) is 9.03. The second-order valence-corrected chi connectivity index (χ2v) is 9.03. The van der Waals surface area contributed by atoms with Gasteiger partial charge in [-0.1, -0.05) is 31.5 Å². The van der Waals surface area contributed by atoms with Crippen LogP contribution in [0.3, 0.4) is 0 Å². The van der Waals surface area contributed by atoms with Crippen LogP contribution in [0.2, 0.25) is 0 Å². The number of H-pyrrole nitrogens is 1. The van der Waals surface area contributed by atoms with E-state index in [1.165, 1.54) is 21.8 Å². The van der Waals surface area contributed by atoms with E-state index in [-0.39, 0.29) is 5.91 Å². The molecule has 4 aromatic rings. The van der Waals surface area contributed by atoms with Crippen molar-refractivity contribution in [2.75, 3.05) is 16.5 Å². The van der Waals surface area contributed by atoms with Gasteiger partial charge in [-0.3, -0.25) is 4.79 Å². The number of nitrogens with zero attached hydrogens (tertiary/aromatic N) is 4. The van der Waals surface area contributed by atoms with Gasteiger partial charge in [-0.25, -0.2) is 9.97 Å². The maximum atomic E-state index is 12.6. The molecular formula is C27H27N5O2. The van der Waals surface area contributed by atoms with Gasteiger partial charge >= 0.3 is 0 Å². The number of hydrogen-bond acceptors (Lipinski definition) is 5. The molecule has 2 aliphatic rings. The third-order valence-corrected chi connectivity index (χ3v) is 6.65. The van der Waals surface area contributed by atoms with Gasteiger partial charge in [-0.2, -0.15) is 0 Å². The van der Waals surface area contributed by atoms with Gasteiger partial charge in [0, 0.05) is 25.7 Å². The van der Waals surface area contributed by atoms with Crippen molar-refractivity contribution in [2.45, 2.75) is 45.6 Å². The van der Waals surface area contributed by atoms with Crippen molar-refractivity contribution in [3.05, 3.63) is 77.0 Å². The van der Waals surface area contributed by atoms with Crippen LogP contribution in [0.15, 0.2) is 54.7 Å². The zero-order valence-electron chi connectivity index (χ0n) is 19.3. The lowest BCUT2D eigenvalue weighted by Gasteiger charge is -2.30. The van der Waals surface area contributed by atoms with Gasteiger partial charge in [0.15, 0.2) is 11.6 Å². The Bertz CT molecular complexity index is 1380. The number of amides is 1. The van der Waals surface area contributed by atoms with E-state index in [9.17, 15) is 4.79 Å². The van der Waals surface area contributed by atoms with Crippen LogP contribution < -0.4 is 14.8 Å². The van der Waals surface area contributed by atoms with Gasteiger partial charge in [0.2, 0.25) is 5.95 Å². The minimum absolute atomic E-state index is 0.0738. The number of imidazole rings is 1. The molecule has 6 rings (SSSR count). The molecule has 0 bridgehead atoms. The van der Waals surface area contributed by atoms with Crippen molar-refractivity contribution in [1.29, 1.82) is 0 Å². The molecule has 0 radical (unpaired) electrons. The Morgan fingerprint density at radius 2 is 1.97 bits per heavy atom. The summed E-state index contributed by atoms with van der Waals surface area (Å²) in [6.07, 6.45) is 5.94. The van der Waals surface area contributed by atoms with Crippen molar-refractivity contribution < 1.29 is 9.63 Å². The topological polar surface area (TPSA) is 74.3 Å². The van der Waals surface area contributed by atoms with Crippen molar-refractivity contribution >= 4 is 28.7 Å². The first-order valence-electron chi connectivity index (χ1n) is 12.0. The summed E-state index contributed by atoms with van der Waals surface area (Å²) < 4.78 is 0. The number of benzene rings is 2. The van der Waals surface area contributed by atoms with Gasteiger partial charge in [-0.05, 0) is 71.8 Å². The molecule has 0 aliphatic carbocycles. The summed E-state index contributed by atoms with van der Waals surface area (Å²) in [5, 5.41) is 1.34. The smallest absolute Gasteiger partial charge is 0.262 e. The minimum atomic E-state index is -0.0738. The SMILES string of the molecule is CCCc1ccc2nc(N3CCc4ccc(ON5C(=O)CCc6cccnc65)cc4C3)[nH]c2c1. The highest BCUT2D eigenvalue weighted by Crippen LogP contribution is 2.30. The van der Waals surface area contributed by atoms with E-state index >= 15 is 0 Å². The van der Waals surface area contributed by atoms with Crippen LogP contribution in [-0.4, -0.2) is 27.4 Å². The van der Waals surface area contributed by atoms with E-state index in [1.54, 1.807) is 6.20 Å². The highest BCUT2D eigenvalue weighted by atomic mass is 16.7. The number of hydroxylamine groups is 1. The lowest BCUT2D eigenvalue weighted by molar-refractivity contribution is -0.123. The molecule has 4 heterocycles. The first-order valence-corrected chi connectivity index (χ1v) is 12.0. The predicted molar refractivity (Wildman–Crippen MR) is 132 cm³/mol. The van der Waals surface area contributed by atoms with E-state index in [1.807, 2.05) is 24.3 Å². The summed E-state index contributed by atoms with van der Waals surface area (Å²) in [4.78, 5) is 33.7. The number of hydrogen-bond donors (Lipinski definition) is 1. The number of aryl methyl sites for hydroxylation is 2. The summed E-state index contributed by atoms with van der Waals surface area (Å²) in [5.41, 5.74) is 6.92. The number of aromatic nitrogens is 3. The first kappa shape index (κ1) is 20.7. The van der Waals surface area contributed by atoms with Crippen LogP contribution in [0.25, 0.3) is 11.0 Å². The van der Waals surface area contributed by atoms with Gasteiger partial charge < -0.3 is 14.7 Å². The molecule has 7 nitrogen and oxygen atoms in total. The van der Waals surface area contributed by atoms with Crippen LogP contribution >= 0.6 is 0 Å². The van der Waals surface area contributed by atoms with Gasteiger partial charge in [-0.15, -0.1) is 5.06 Å². The van der Waals surface area contributed by atoms with Crippen LogP contribution in [0.5, 0.6) is 5.75 Å². The number of fused-ring (bicyclic) bond motifs is 3. The van der Waals surface area contributed by atoms with Crippen molar-refractivity contribution in [3.8, 4) is 5.75 Å². The third kappa shape index (κ3) is 3.77. The van der Waals surface area contributed by atoms with E-state index in [0.717, 1.165) is 54.9 Å². The standard InChI is InChI=1S/C27H27N5O2/c1-2-4-18-6-10-23-24(15-18)30-27(29-23)31-14-12-19-7-9-22(16-21(19)17-31)34-32-25(33)11-8-20-5-3-13-28-26(20)32/h3,5-7,9-10,13,15-16H,2,4,8,11-12,14,17H2,1H3,(H,29,30). The summed E-state index contributed by atoms with van der Waals surface area (Å²) >= 11 is 0. The molecule has 0 spiro atoms. The van der Waals surface area contributed by atoms with Crippen molar-refractivity contribution in [3.63, 3.8) is 0 Å². The van der Waals surface area contributed by atoms with Gasteiger partial charge in [0.1, 0.15) is 0 Å². The molecule has 1 N–H and O–H groups in total. The molecule has 2 aromatic carbocycles. The predicted octanol–water partition coefficient (Wildman–Crippen LogP) is 4.75. The molecule has 172 valence electrons. The lowest BCUT2D eigenvalue weighted by atomic mass is 10.00. The number of pyridine rings is 1.